The van der Waals surface area contributed by atoms with Crippen LogP contribution in [0.25, 0.3) is 0 Å². The SMILES string of the molecule is CC(NCC1CSCCS1)C(=O)N(C)C. The molecule has 1 amide bonds. The molecule has 1 aliphatic heterocycles. The maximum absolute atomic E-state index is 11.6. The van der Waals surface area contributed by atoms with Gasteiger partial charge in [-0.15, -0.1) is 0 Å². The Kier molecular flexibility index (Phi) is 5.86. The molecule has 1 N–H and O–H groups in total. The molecule has 1 rings (SSSR count). The van der Waals surface area contributed by atoms with E-state index in [1.807, 2.05) is 30.4 Å². The van der Waals surface area contributed by atoms with Crippen molar-refractivity contribution in [3.63, 3.8) is 0 Å². The number of hydrogen-bond donors (Lipinski definition) is 1. The fraction of sp³-hybridized carbons (Fsp3) is 0.900. The van der Waals surface area contributed by atoms with E-state index in [9.17, 15) is 4.79 Å². The van der Waals surface area contributed by atoms with Crippen LogP contribution in [-0.2, 0) is 4.79 Å². The van der Waals surface area contributed by atoms with Crippen LogP contribution in [0.1, 0.15) is 6.92 Å². The number of likely N-dealkylation sites (N-methyl/N-ethyl adjacent to an activating group) is 1. The molecule has 2 unspecified atom stereocenters. The first-order chi connectivity index (χ1) is 7.11. The van der Waals surface area contributed by atoms with Crippen LogP contribution in [0.5, 0.6) is 0 Å². The molecule has 2 atom stereocenters. The van der Waals surface area contributed by atoms with Crippen LogP contribution in [0, 0.1) is 0 Å². The lowest BCUT2D eigenvalue weighted by Gasteiger charge is -2.24. The molecule has 0 aromatic heterocycles. The van der Waals surface area contributed by atoms with Crippen molar-refractivity contribution in [2.45, 2.75) is 18.2 Å². The Morgan fingerprint density at radius 2 is 2.27 bits per heavy atom. The molecule has 88 valence electrons. The van der Waals surface area contributed by atoms with Crippen molar-refractivity contribution < 1.29 is 4.79 Å². The molecule has 3 nitrogen and oxygen atoms in total. The Morgan fingerprint density at radius 3 is 2.80 bits per heavy atom. The van der Waals surface area contributed by atoms with Gasteiger partial charge in [0.15, 0.2) is 0 Å². The van der Waals surface area contributed by atoms with Crippen molar-refractivity contribution >= 4 is 29.4 Å². The van der Waals surface area contributed by atoms with Crippen molar-refractivity contribution in [3.8, 4) is 0 Å². The van der Waals surface area contributed by atoms with Crippen LogP contribution in [0.4, 0.5) is 0 Å². The molecule has 1 aliphatic rings. The van der Waals surface area contributed by atoms with Gasteiger partial charge in [0.2, 0.25) is 5.91 Å². The van der Waals surface area contributed by atoms with Crippen LogP contribution in [-0.4, -0.2) is 60.0 Å². The summed E-state index contributed by atoms with van der Waals surface area (Å²) < 4.78 is 0. The topological polar surface area (TPSA) is 32.3 Å². The monoisotopic (exact) mass is 248 g/mol. The Bertz CT molecular complexity index is 206. The fourth-order valence-corrected chi connectivity index (χ4v) is 4.06. The lowest BCUT2D eigenvalue weighted by molar-refractivity contribution is -0.130. The predicted octanol–water partition coefficient (Wildman–Crippen LogP) is 0.901. The molecule has 0 spiro atoms. The Balaban J connectivity index is 2.20. The summed E-state index contributed by atoms with van der Waals surface area (Å²) in [5.41, 5.74) is 0. The molecule has 1 saturated heterocycles. The minimum Gasteiger partial charge on any atom is -0.347 e. The molecule has 0 radical (unpaired) electrons. The van der Waals surface area contributed by atoms with E-state index in [4.69, 9.17) is 0 Å². The van der Waals surface area contributed by atoms with Crippen LogP contribution >= 0.6 is 23.5 Å². The highest BCUT2D eigenvalue weighted by atomic mass is 32.2. The van der Waals surface area contributed by atoms with Crippen LogP contribution in [0.2, 0.25) is 0 Å². The van der Waals surface area contributed by atoms with Crippen molar-refractivity contribution in [2.75, 3.05) is 37.9 Å². The zero-order chi connectivity index (χ0) is 11.3. The van der Waals surface area contributed by atoms with E-state index in [0.717, 1.165) is 6.54 Å². The summed E-state index contributed by atoms with van der Waals surface area (Å²) in [4.78, 5) is 13.2. The number of nitrogens with one attached hydrogen (secondary N) is 1. The molecular formula is C10H20N2OS2. The molecule has 0 aliphatic carbocycles. The van der Waals surface area contributed by atoms with Gasteiger partial charge in [-0.05, 0) is 6.92 Å². The molecule has 1 heterocycles. The van der Waals surface area contributed by atoms with E-state index in [-0.39, 0.29) is 11.9 Å². The molecule has 0 bridgehead atoms. The van der Waals surface area contributed by atoms with Gasteiger partial charge in [0, 0.05) is 43.1 Å². The minimum absolute atomic E-state index is 0.0625. The maximum atomic E-state index is 11.6. The Labute approximate surface area is 101 Å². The third-order valence-corrected chi connectivity index (χ3v) is 5.19. The zero-order valence-electron chi connectivity index (χ0n) is 9.66. The highest BCUT2D eigenvalue weighted by Crippen LogP contribution is 2.23. The normalized spacial score (nSPS) is 23.5. The highest BCUT2D eigenvalue weighted by molar-refractivity contribution is 8.06. The number of carbonyl (C=O) groups is 1. The second-order valence-electron chi connectivity index (χ2n) is 3.93. The molecule has 1 fully saturated rings. The number of rotatable bonds is 4. The quantitative estimate of drug-likeness (QED) is 0.801. The van der Waals surface area contributed by atoms with Gasteiger partial charge in [-0.25, -0.2) is 0 Å². The van der Waals surface area contributed by atoms with E-state index >= 15 is 0 Å². The predicted molar refractivity (Wildman–Crippen MR) is 69.7 cm³/mol. The Morgan fingerprint density at radius 1 is 1.53 bits per heavy atom. The maximum Gasteiger partial charge on any atom is 0.238 e. The number of carbonyl (C=O) groups excluding carboxylic acids is 1. The van der Waals surface area contributed by atoms with E-state index < -0.39 is 0 Å². The molecule has 0 aromatic rings. The van der Waals surface area contributed by atoms with E-state index in [1.165, 1.54) is 17.3 Å². The molecule has 0 aromatic carbocycles. The van der Waals surface area contributed by atoms with Gasteiger partial charge in [-0.2, -0.15) is 23.5 Å². The highest BCUT2D eigenvalue weighted by Gasteiger charge is 2.18. The molecular weight excluding hydrogens is 228 g/mol. The van der Waals surface area contributed by atoms with Crippen molar-refractivity contribution in [3.05, 3.63) is 0 Å². The summed E-state index contributed by atoms with van der Waals surface area (Å²) in [6, 6.07) is -0.0625. The van der Waals surface area contributed by atoms with E-state index in [1.54, 1.807) is 19.0 Å². The van der Waals surface area contributed by atoms with E-state index in [2.05, 4.69) is 5.32 Å². The molecule has 5 heteroatoms. The second kappa shape index (κ2) is 6.66. The van der Waals surface area contributed by atoms with Crippen LogP contribution in [0.3, 0.4) is 0 Å². The molecule has 15 heavy (non-hydrogen) atoms. The average molecular weight is 248 g/mol. The summed E-state index contributed by atoms with van der Waals surface area (Å²) in [5, 5.41) is 3.98. The fourth-order valence-electron chi connectivity index (χ4n) is 1.44. The lowest BCUT2D eigenvalue weighted by atomic mass is 10.3. The van der Waals surface area contributed by atoms with Gasteiger partial charge in [0.25, 0.3) is 0 Å². The van der Waals surface area contributed by atoms with E-state index in [0.29, 0.717) is 5.25 Å². The summed E-state index contributed by atoms with van der Waals surface area (Å²) >= 11 is 4.03. The third kappa shape index (κ3) is 4.66. The first-order valence-electron chi connectivity index (χ1n) is 5.25. The first kappa shape index (κ1) is 13.2. The first-order valence-corrected chi connectivity index (χ1v) is 7.45. The number of thioether (sulfide) groups is 2. The van der Waals surface area contributed by atoms with Gasteiger partial charge in [-0.1, -0.05) is 0 Å². The summed E-state index contributed by atoms with van der Waals surface area (Å²) in [5.74, 6) is 3.88. The second-order valence-corrected chi connectivity index (χ2v) is 6.49. The zero-order valence-corrected chi connectivity index (χ0v) is 11.3. The number of amides is 1. The van der Waals surface area contributed by atoms with Crippen LogP contribution < -0.4 is 5.32 Å². The summed E-state index contributed by atoms with van der Waals surface area (Å²) in [7, 11) is 3.59. The van der Waals surface area contributed by atoms with Gasteiger partial charge in [0.05, 0.1) is 6.04 Å². The standard InChI is InChI=1S/C10H20N2OS2/c1-8(10(13)12(2)3)11-6-9-7-14-4-5-15-9/h8-9,11H,4-7H2,1-3H3. The van der Waals surface area contributed by atoms with Gasteiger partial charge in [-0.3, -0.25) is 4.79 Å². The van der Waals surface area contributed by atoms with Crippen molar-refractivity contribution in [2.24, 2.45) is 0 Å². The third-order valence-electron chi connectivity index (χ3n) is 2.35. The Hall–Kier alpha value is 0.130. The van der Waals surface area contributed by atoms with Gasteiger partial charge < -0.3 is 10.2 Å². The smallest absolute Gasteiger partial charge is 0.238 e. The van der Waals surface area contributed by atoms with Crippen molar-refractivity contribution in [1.29, 1.82) is 0 Å². The van der Waals surface area contributed by atoms with Gasteiger partial charge >= 0.3 is 0 Å². The lowest BCUT2D eigenvalue weighted by Crippen LogP contribution is -2.44. The van der Waals surface area contributed by atoms with Crippen molar-refractivity contribution in [1.82, 2.24) is 10.2 Å². The average Bonchev–Trinajstić information content (AvgIpc) is 2.26. The molecule has 0 saturated carbocycles. The largest absolute Gasteiger partial charge is 0.347 e. The summed E-state index contributed by atoms with van der Waals surface area (Å²) in [6.07, 6.45) is 0. The van der Waals surface area contributed by atoms with Gasteiger partial charge in [0.1, 0.15) is 0 Å². The number of hydrogen-bond acceptors (Lipinski definition) is 4. The minimum atomic E-state index is -0.0625. The van der Waals surface area contributed by atoms with Crippen LogP contribution in [0.15, 0.2) is 0 Å². The number of nitrogens with zero attached hydrogens (tertiary/aromatic N) is 1. The summed E-state index contributed by atoms with van der Waals surface area (Å²) in [6.45, 7) is 2.88.